The Kier molecular flexibility index (Phi) is 5.33. The van der Waals surface area contributed by atoms with Gasteiger partial charge in [0.15, 0.2) is 0 Å². The first-order valence-corrected chi connectivity index (χ1v) is 7.52. The van der Waals surface area contributed by atoms with Gasteiger partial charge in [0.25, 0.3) is 5.91 Å². The van der Waals surface area contributed by atoms with Crippen molar-refractivity contribution in [3.8, 4) is 5.75 Å². The fraction of sp³-hybridized carbons (Fsp3) is 0.235. The average Bonchev–Trinajstić information content (AvgIpc) is 2.47. The summed E-state index contributed by atoms with van der Waals surface area (Å²) in [4.78, 5) is 14.1. The topological polar surface area (TPSA) is 29.5 Å². The van der Waals surface area contributed by atoms with Crippen LogP contribution >= 0.6 is 23.2 Å². The first-order chi connectivity index (χ1) is 10.4. The van der Waals surface area contributed by atoms with Gasteiger partial charge in [0, 0.05) is 24.2 Å². The summed E-state index contributed by atoms with van der Waals surface area (Å²) in [5.41, 5.74) is 2.49. The van der Waals surface area contributed by atoms with E-state index < -0.39 is 0 Å². The number of rotatable bonds is 4. The van der Waals surface area contributed by atoms with Crippen LogP contribution in [0.2, 0.25) is 10.0 Å². The number of benzene rings is 2. The van der Waals surface area contributed by atoms with Crippen molar-refractivity contribution in [1.82, 2.24) is 4.90 Å². The normalized spacial score (nSPS) is 10.4. The zero-order valence-corrected chi connectivity index (χ0v) is 14.2. The van der Waals surface area contributed by atoms with Crippen LogP contribution in [0.5, 0.6) is 5.75 Å². The molecule has 0 heterocycles. The molecule has 1 amide bonds. The lowest BCUT2D eigenvalue weighted by molar-refractivity contribution is 0.0784. The number of amides is 1. The molecule has 0 N–H and O–H groups in total. The highest BCUT2D eigenvalue weighted by Crippen LogP contribution is 2.25. The molecule has 2 aromatic carbocycles. The van der Waals surface area contributed by atoms with Crippen LogP contribution in [0.3, 0.4) is 0 Å². The maximum Gasteiger partial charge on any atom is 0.255 e. The molecule has 0 bridgehead atoms. The van der Waals surface area contributed by atoms with Gasteiger partial charge < -0.3 is 9.64 Å². The molecular formula is C17H17Cl2NO2. The van der Waals surface area contributed by atoms with Crippen molar-refractivity contribution in [1.29, 1.82) is 0 Å². The van der Waals surface area contributed by atoms with Crippen molar-refractivity contribution < 1.29 is 9.53 Å². The van der Waals surface area contributed by atoms with Gasteiger partial charge in [-0.05, 0) is 31.2 Å². The second-order valence-corrected chi connectivity index (χ2v) is 5.94. The van der Waals surface area contributed by atoms with Crippen LogP contribution in [0.1, 0.15) is 21.5 Å². The van der Waals surface area contributed by atoms with Gasteiger partial charge in [-0.25, -0.2) is 0 Å². The van der Waals surface area contributed by atoms with Crippen molar-refractivity contribution in [3.63, 3.8) is 0 Å². The monoisotopic (exact) mass is 337 g/mol. The molecule has 2 rings (SSSR count). The minimum absolute atomic E-state index is 0.162. The third-order valence-corrected chi connectivity index (χ3v) is 3.90. The fourth-order valence-corrected chi connectivity index (χ4v) is 2.72. The van der Waals surface area contributed by atoms with Crippen LogP contribution in [0.4, 0.5) is 0 Å². The Bertz CT molecular complexity index is 701. The molecule has 0 fully saturated rings. The number of halogens is 2. The van der Waals surface area contributed by atoms with Gasteiger partial charge in [0.1, 0.15) is 5.75 Å². The van der Waals surface area contributed by atoms with E-state index in [4.69, 9.17) is 27.9 Å². The zero-order valence-electron chi connectivity index (χ0n) is 12.7. The summed E-state index contributed by atoms with van der Waals surface area (Å²) in [5, 5.41) is 0.852. The second kappa shape index (κ2) is 7.03. The largest absolute Gasteiger partial charge is 0.496 e. The molecule has 0 radical (unpaired) electrons. The third kappa shape index (κ3) is 3.73. The maximum atomic E-state index is 12.5. The number of ether oxygens (including phenoxy) is 1. The molecule has 0 unspecified atom stereocenters. The first kappa shape index (κ1) is 16.7. The summed E-state index contributed by atoms with van der Waals surface area (Å²) >= 11 is 12.0. The van der Waals surface area contributed by atoms with E-state index in [0.29, 0.717) is 22.2 Å². The number of carbonyl (C=O) groups excluding carboxylic acids is 1. The summed E-state index contributed by atoms with van der Waals surface area (Å²) in [6.45, 7) is 2.43. The lowest BCUT2D eigenvalue weighted by atomic mass is 10.1. The summed E-state index contributed by atoms with van der Waals surface area (Å²) in [7, 11) is 3.35. The van der Waals surface area contributed by atoms with Crippen molar-refractivity contribution in [2.45, 2.75) is 13.5 Å². The van der Waals surface area contributed by atoms with E-state index >= 15 is 0 Å². The lowest BCUT2D eigenvalue weighted by Crippen LogP contribution is -2.26. The van der Waals surface area contributed by atoms with Gasteiger partial charge in [-0.15, -0.1) is 0 Å². The molecule has 2 aromatic rings. The average molecular weight is 338 g/mol. The summed E-state index contributed by atoms with van der Waals surface area (Å²) in [6, 6.07) is 10.7. The van der Waals surface area contributed by atoms with E-state index in [1.54, 1.807) is 37.3 Å². The molecule has 0 atom stereocenters. The smallest absolute Gasteiger partial charge is 0.255 e. The summed E-state index contributed by atoms with van der Waals surface area (Å²) < 4.78 is 5.34. The van der Waals surface area contributed by atoms with Gasteiger partial charge >= 0.3 is 0 Å². The summed E-state index contributed by atoms with van der Waals surface area (Å²) in [5.74, 6) is 0.595. The Morgan fingerprint density at radius 3 is 2.55 bits per heavy atom. The third-order valence-electron chi connectivity index (χ3n) is 3.35. The molecule has 3 nitrogen and oxygen atoms in total. The number of nitrogens with zero attached hydrogens (tertiary/aromatic N) is 1. The van der Waals surface area contributed by atoms with Gasteiger partial charge in [-0.3, -0.25) is 4.79 Å². The molecule has 0 spiro atoms. The number of methoxy groups -OCH3 is 1. The predicted molar refractivity (Wildman–Crippen MR) is 90.0 cm³/mol. The first-order valence-electron chi connectivity index (χ1n) is 6.76. The molecule has 0 aromatic heterocycles. The Hall–Kier alpha value is -1.71. The quantitative estimate of drug-likeness (QED) is 0.816. The molecule has 0 saturated carbocycles. The van der Waals surface area contributed by atoms with E-state index in [0.717, 1.165) is 16.9 Å². The van der Waals surface area contributed by atoms with Crippen molar-refractivity contribution >= 4 is 29.1 Å². The second-order valence-electron chi connectivity index (χ2n) is 5.10. The van der Waals surface area contributed by atoms with Gasteiger partial charge in [-0.1, -0.05) is 40.9 Å². The molecule has 5 heteroatoms. The molecule has 0 aliphatic rings. The van der Waals surface area contributed by atoms with Gasteiger partial charge in [0.2, 0.25) is 0 Å². The minimum Gasteiger partial charge on any atom is -0.496 e. The number of hydrogen-bond donors (Lipinski definition) is 0. The Labute approximate surface area is 140 Å². The van der Waals surface area contributed by atoms with Crippen LogP contribution < -0.4 is 4.74 Å². The Morgan fingerprint density at radius 1 is 1.18 bits per heavy atom. The zero-order chi connectivity index (χ0) is 16.3. The summed E-state index contributed by atoms with van der Waals surface area (Å²) in [6.07, 6.45) is 0. The van der Waals surface area contributed by atoms with Crippen LogP contribution in [-0.4, -0.2) is 25.0 Å². The molecule has 116 valence electrons. The highest BCUT2D eigenvalue weighted by atomic mass is 35.5. The molecule has 0 aliphatic heterocycles. The Morgan fingerprint density at radius 2 is 1.91 bits per heavy atom. The van der Waals surface area contributed by atoms with Crippen LogP contribution in [0, 0.1) is 6.92 Å². The molecule has 0 aliphatic carbocycles. The number of aryl methyl sites for hydroxylation is 1. The SMILES string of the molecule is COc1ccc(C)cc1CN(C)C(=O)c1ccc(Cl)cc1Cl. The molecule has 22 heavy (non-hydrogen) atoms. The van der Waals surface area contributed by atoms with Crippen LogP contribution in [-0.2, 0) is 6.54 Å². The van der Waals surface area contributed by atoms with Crippen molar-refractivity contribution in [2.75, 3.05) is 14.2 Å². The highest BCUT2D eigenvalue weighted by molar-refractivity contribution is 6.36. The van der Waals surface area contributed by atoms with Crippen LogP contribution in [0.15, 0.2) is 36.4 Å². The van der Waals surface area contributed by atoms with Crippen LogP contribution in [0.25, 0.3) is 0 Å². The standard InChI is InChI=1S/C17H17Cl2NO2/c1-11-4-7-16(22-3)12(8-11)10-20(2)17(21)14-6-5-13(18)9-15(14)19/h4-9H,10H2,1-3H3. The van der Waals surface area contributed by atoms with E-state index in [9.17, 15) is 4.79 Å². The van der Waals surface area contributed by atoms with Gasteiger partial charge in [0.05, 0.1) is 17.7 Å². The van der Waals surface area contributed by atoms with E-state index in [1.165, 1.54) is 0 Å². The Balaban J connectivity index is 2.23. The van der Waals surface area contributed by atoms with Gasteiger partial charge in [-0.2, -0.15) is 0 Å². The molecule has 0 saturated heterocycles. The van der Waals surface area contributed by atoms with E-state index in [2.05, 4.69) is 0 Å². The number of carbonyl (C=O) groups is 1. The minimum atomic E-state index is -0.162. The molecular weight excluding hydrogens is 321 g/mol. The lowest BCUT2D eigenvalue weighted by Gasteiger charge is -2.20. The fourth-order valence-electron chi connectivity index (χ4n) is 2.23. The van der Waals surface area contributed by atoms with Crippen molar-refractivity contribution in [2.24, 2.45) is 0 Å². The van der Waals surface area contributed by atoms with E-state index in [1.807, 2.05) is 25.1 Å². The highest BCUT2D eigenvalue weighted by Gasteiger charge is 2.17. The predicted octanol–water partition coefficient (Wildman–Crippen LogP) is 4.58. The maximum absolute atomic E-state index is 12.5. The van der Waals surface area contributed by atoms with E-state index in [-0.39, 0.29) is 5.91 Å². The van der Waals surface area contributed by atoms with Crippen molar-refractivity contribution in [3.05, 3.63) is 63.1 Å². The number of hydrogen-bond acceptors (Lipinski definition) is 2.